The number of rotatable bonds is 2. The standard InChI is InChI=1S/C8H7N2O2.C8H5N2O2.Cu/c2*11-8-7(10-12)5-3-1-2-4-6(5)9-8;/h1-4,9-11H;1-4H,(H-,9,10,11,12);/q2*-1;/p+2. The number of nitrogens with one attached hydrogen (secondary N) is 3. The van der Waals surface area contributed by atoms with Gasteiger partial charge >= 0.3 is 11.8 Å². The Bertz CT molecular complexity index is 1030. The number of hydrogen-bond donors (Lipinski definition) is 3. The second kappa shape index (κ2) is 7.82. The third kappa shape index (κ3) is 3.49. The van der Waals surface area contributed by atoms with Crippen LogP contribution in [0.15, 0.2) is 53.5 Å². The van der Waals surface area contributed by atoms with Crippen LogP contribution >= 0.6 is 0 Å². The summed E-state index contributed by atoms with van der Waals surface area (Å²) in [5.74, 6) is -0.114. The van der Waals surface area contributed by atoms with E-state index in [1.807, 2.05) is 18.2 Å². The van der Waals surface area contributed by atoms with E-state index in [0.717, 1.165) is 10.9 Å². The summed E-state index contributed by atoms with van der Waals surface area (Å²) in [5.41, 5.74) is 4.67. The molecule has 1 aromatic heterocycles. The topological polar surface area (TPSA) is 143 Å². The fourth-order valence-electron chi connectivity index (χ4n) is 2.42. The number of benzene rings is 2. The number of hydroxylamine groups is 1. The largest absolute Gasteiger partial charge is 0.761 e. The van der Waals surface area contributed by atoms with E-state index in [9.17, 15) is 10.4 Å². The number of aromatic nitrogens is 1. The van der Waals surface area contributed by atoms with Crippen LogP contribution in [0.1, 0.15) is 0 Å². The minimum atomic E-state index is -0.244. The molecule has 1 aliphatic rings. The van der Waals surface area contributed by atoms with Crippen molar-refractivity contribution in [3.63, 3.8) is 0 Å². The molecule has 6 N–H and O–H groups in total. The second-order valence-corrected chi connectivity index (χ2v) is 4.95. The molecule has 0 saturated carbocycles. The van der Waals surface area contributed by atoms with E-state index in [1.165, 1.54) is 0 Å². The van der Waals surface area contributed by atoms with Gasteiger partial charge in [0, 0.05) is 27.7 Å². The summed E-state index contributed by atoms with van der Waals surface area (Å²) in [4.78, 5) is 15.7. The first-order chi connectivity index (χ1) is 11.7. The number of aromatic amines is 1. The first-order valence-electron chi connectivity index (χ1n) is 6.98. The minimum Gasteiger partial charge on any atom is -0.761 e. The molecule has 25 heavy (non-hydrogen) atoms. The van der Waals surface area contributed by atoms with Crippen LogP contribution < -0.4 is 21.5 Å². The van der Waals surface area contributed by atoms with E-state index in [4.69, 9.17) is 9.90 Å². The van der Waals surface area contributed by atoms with Crippen LogP contribution in [0.3, 0.4) is 0 Å². The third-order valence-electron chi connectivity index (χ3n) is 3.53. The molecule has 8 nitrogen and oxygen atoms in total. The molecule has 1 radical (unpaired) electrons. The molecule has 4 rings (SSSR count). The number of para-hydroxylation sites is 2. The molecule has 0 atom stereocenters. The van der Waals surface area contributed by atoms with E-state index in [1.54, 1.807) is 41.3 Å². The first kappa shape index (κ1) is 18.5. The summed E-state index contributed by atoms with van der Waals surface area (Å²) >= 11 is 0. The van der Waals surface area contributed by atoms with E-state index < -0.39 is 0 Å². The van der Waals surface area contributed by atoms with Crippen LogP contribution in [-0.2, 0) is 17.1 Å². The summed E-state index contributed by atoms with van der Waals surface area (Å²) in [5, 5.41) is 30.2. The van der Waals surface area contributed by atoms with Crippen LogP contribution in [0.25, 0.3) is 16.6 Å². The quantitative estimate of drug-likeness (QED) is 0.333. The summed E-state index contributed by atoms with van der Waals surface area (Å²) < 4.78 is 0. The molecular weight excluding hydrogens is 376 g/mol. The summed E-state index contributed by atoms with van der Waals surface area (Å²) in [6.07, 6.45) is 0. The summed E-state index contributed by atoms with van der Waals surface area (Å²) in [6, 6.07) is 14.3. The van der Waals surface area contributed by atoms with Gasteiger partial charge in [-0.05, 0) is 12.1 Å². The number of fused-ring (bicyclic) bond motifs is 2. The normalized spacial score (nSPS) is 11.8. The number of hydrogen-bond acceptors (Lipinski definition) is 4. The maximum atomic E-state index is 10.4. The Morgan fingerprint density at radius 2 is 1.68 bits per heavy atom. The van der Waals surface area contributed by atoms with Crippen LogP contribution in [0.5, 0.6) is 5.88 Å². The first-order valence-corrected chi connectivity index (χ1v) is 6.98. The van der Waals surface area contributed by atoms with Gasteiger partial charge < -0.3 is 26.5 Å². The molecule has 133 valence electrons. The molecule has 0 aliphatic carbocycles. The van der Waals surface area contributed by atoms with Gasteiger partial charge in [-0.2, -0.15) is 4.99 Å². The maximum absolute atomic E-state index is 10.4. The Labute approximate surface area is 151 Å². The van der Waals surface area contributed by atoms with Crippen LogP contribution in [0.2, 0.25) is 0 Å². The van der Waals surface area contributed by atoms with Gasteiger partial charge in [0.25, 0.3) is 0 Å². The van der Waals surface area contributed by atoms with Gasteiger partial charge in [-0.1, -0.05) is 36.4 Å². The summed E-state index contributed by atoms with van der Waals surface area (Å²) in [6.45, 7) is 0. The molecule has 3 aromatic rings. The average Bonchev–Trinajstić information content (AvgIpc) is 3.09. The Hall–Kier alpha value is -2.84. The minimum absolute atomic E-state index is 0. The van der Waals surface area contributed by atoms with Crippen molar-refractivity contribution in [2.45, 2.75) is 0 Å². The predicted molar refractivity (Wildman–Crippen MR) is 92.4 cm³/mol. The second-order valence-electron chi connectivity index (χ2n) is 4.95. The van der Waals surface area contributed by atoms with Gasteiger partial charge in [0.05, 0.1) is 10.9 Å². The molecule has 0 fully saturated rings. The molecule has 1 aliphatic heterocycles. The Morgan fingerprint density at radius 1 is 1.00 bits per heavy atom. The molecule has 0 spiro atoms. The van der Waals surface area contributed by atoms with E-state index >= 15 is 0 Å². The van der Waals surface area contributed by atoms with Crippen molar-refractivity contribution in [3.05, 3.63) is 69.5 Å². The zero-order chi connectivity index (χ0) is 17.1. The van der Waals surface area contributed by atoms with Crippen molar-refractivity contribution < 1.29 is 27.0 Å². The number of anilines is 1. The Balaban J connectivity index is 0.000000173. The molecule has 2 heterocycles. The maximum Gasteiger partial charge on any atom is 0.464 e. The smallest absolute Gasteiger partial charge is 0.464 e. The van der Waals surface area contributed by atoms with Crippen molar-refractivity contribution in [2.75, 3.05) is 5.48 Å². The Kier molecular flexibility index (Phi) is 5.79. The number of H-pyrrole nitrogens is 1. The molecule has 0 saturated heterocycles. The zero-order valence-electron chi connectivity index (χ0n) is 12.6. The van der Waals surface area contributed by atoms with Crippen molar-refractivity contribution in [3.8, 4) is 5.88 Å². The number of nitrogens with zero attached hydrogens (tertiary/aromatic N) is 1. The molecular formula is C16H14CuN4O4. The van der Waals surface area contributed by atoms with E-state index in [2.05, 4.69) is 9.98 Å². The Morgan fingerprint density at radius 3 is 2.40 bits per heavy atom. The van der Waals surface area contributed by atoms with Gasteiger partial charge in [-0.15, -0.1) is 0 Å². The molecule has 0 unspecified atom stereocenters. The van der Waals surface area contributed by atoms with Crippen LogP contribution in [0.4, 0.5) is 5.69 Å². The molecule has 9 heteroatoms. The SMILES string of the molecule is [Cu].[O-]NC1=c2ccccc2=NC1=[OH+].[O-]Nc1c([OH2+])[nH]c2ccccc12. The van der Waals surface area contributed by atoms with Crippen molar-refractivity contribution >= 4 is 28.2 Å². The number of amides is 1. The van der Waals surface area contributed by atoms with Crippen molar-refractivity contribution in [1.29, 1.82) is 0 Å². The average molecular weight is 390 g/mol. The van der Waals surface area contributed by atoms with Crippen LogP contribution in [0, 0.1) is 10.4 Å². The van der Waals surface area contributed by atoms with Gasteiger partial charge in [0.15, 0.2) is 11.4 Å². The van der Waals surface area contributed by atoms with Gasteiger partial charge in [0.2, 0.25) is 0 Å². The van der Waals surface area contributed by atoms with Crippen molar-refractivity contribution in [2.24, 2.45) is 4.99 Å². The van der Waals surface area contributed by atoms with Crippen molar-refractivity contribution in [1.82, 2.24) is 10.5 Å². The van der Waals surface area contributed by atoms with Crippen LogP contribution in [-0.4, -0.2) is 20.8 Å². The number of carbonyl (C=O) groups excluding carboxylic acids is 1. The zero-order valence-corrected chi connectivity index (χ0v) is 13.6. The van der Waals surface area contributed by atoms with E-state index in [-0.39, 0.29) is 34.6 Å². The monoisotopic (exact) mass is 389 g/mol. The third-order valence-corrected chi connectivity index (χ3v) is 3.53. The van der Waals surface area contributed by atoms with Gasteiger partial charge in [-0.3, -0.25) is 9.78 Å². The molecule has 0 bridgehead atoms. The summed E-state index contributed by atoms with van der Waals surface area (Å²) in [7, 11) is 0. The van der Waals surface area contributed by atoms with E-state index in [0.29, 0.717) is 16.3 Å². The van der Waals surface area contributed by atoms with Gasteiger partial charge in [-0.25, -0.2) is 0 Å². The fraction of sp³-hybridized carbons (Fsp3) is 0. The molecule has 1 amide bonds. The fourth-order valence-corrected chi connectivity index (χ4v) is 2.42. The predicted octanol–water partition coefficient (Wildman–Crippen LogP) is 0.531. The molecule has 2 aromatic carbocycles. The van der Waals surface area contributed by atoms with Gasteiger partial charge in [0.1, 0.15) is 0 Å².